The Bertz CT molecular complexity index is 1320. The number of carbonyl (C=O) groups excluding carboxylic acids is 1. The summed E-state index contributed by atoms with van der Waals surface area (Å²) in [6.07, 6.45) is 0. The molecule has 184 valence electrons. The highest BCUT2D eigenvalue weighted by Crippen LogP contribution is 2.35. The van der Waals surface area contributed by atoms with Crippen molar-refractivity contribution in [1.29, 1.82) is 0 Å². The third-order valence-corrected chi connectivity index (χ3v) is 7.71. The molecule has 0 amide bonds. The maximum absolute atomic E-state index is 13.3. The zero-order valence-electron chi connectivity index (χ0n) is 20.9. The number of Topliss-reactive ketones (excluding diaryl/α,β-unsaturated/α-hetero) is 1. The largest absolute Gasteiger partial charge is 0.495 e. The molecule has 9 heteroatoms. The number of benzene rings is 1. The van der Waals surface area contributed by atoms with Crippen LogP contribution in [0.15, 0.2) is 46.9 Å². The number of aromatic nitrogens is 4. The van der Waals surface area contributed by atoms with Crippen molar-refractivity contribution in [3.8, 4) is 22.1 Å². The van der Waals surface area contributed by atoms with Crippen molar-refractivity contribution in [2.45, 2.75) is 38.9 Å². The topological polar surface area (TPSA) is 71.2 Å². The van der Waals surface area contributed by atoms with Gasteiger partial charge in [-0.15, -0.1) is 21.5 Å². The van der Waals surface area contributed by atoms with Crippen molar-refractivity contribution in [2.24, 2.45) is 0 Å². The van der Waals surface area contributed by atoms with Gasteiger partial charge in [-0.2, -0.15) is 0 Å². The van der Waals surface area contributed by atoms with Crippen LogP contribution in [0.3, 0.4) is 0 Å². The lowest BCUT2D eigenvalue weighted by molar-refractivity contribution is 0.102. The lowest BCUT2D eigenvalue weighted by atomic mass is 10.2. The maximum Gasteiger partial charge on any atom is 0.196 e. The number of hydrogen-bond donors (Lipinski definition) is 0. The van der Waals surface area contributed by atoms with Crippen molar-refractivity contribution in [1.82, 2.24) is 19.3 Å². The lowest BCUT2D eigenvalue weighted by Crippen LogP contribution is -2.15. The Morgan fingerprint density at radius 2 is 1.94 bits per heavy atom. The number of aryl methyl sites for hydroxylation is 2. The zero-order valence-corrected chi connectivity index (χ0v) is 22.5. The lowest BCUT2D eigenvalue weighted by Gasteiger charge is -2.17. The van der Waals surface area contributed by atoms with Crippen LogP contribution in [-0.2, 0) is 4.74 Å². The summed E-state index contributed by atoms with van der Waals surface area (Å²) >= 11 is 2.98. The van der Waals surface area contributed by atoms with Gasteiger partial charge in [-0.3, -0.25) is 9.36 Å². The summed E-state index contributed by atoms with van der Waals surface area (Å²) < 4.78 is 15.1. The first-order chi connectivity index (χ1) is 16.8. The summed E-state index contributed by atoms with van der Waals surface area (Å²) in [7, 11) is 3.34. The van der Waals surface area contributed by atoms with Gasteiger partial charge in [-0.25, -0.2) is 0 Å². The molecule has 35 heavy (non-hydrogen) atoms. The van der Waals surface area contributed by atoms with E-state index in [1.165, 1.54) is 11.8 Å². The van der Waals surface area contributed by atoms with Crippen LogP contribution < -0.4 is 4.74 Å². The van der Waals surface area contributed by atoms with Crippen molar-refractivity contribution in [3.05, 3.63) is 64.3 Å². The third kappa shape index (κ3) is 5.07. The first kappa shape index (κ1) is 25.2. The predicted octanol–water partition coefficient (Wildman–Crippen LogP) is 5.91. The third-order valence-electron chi connectivity index (χ3n) is 5.92. The van der Waals surface area contributed by atoms with E-state index in [4.69, 9.17) is 9.47 Å². The van der Waals surface area contributed by atoms with Gasteiger partial charge in [-0.1, -0.05) is 23.9 Å². The number of ether oxygens (including phenoxy) is 2. The van der Waals surface area contributed by atoms with E-state index in [-0.39, 0.29) is 17.6 Å². The van der Waals surface area contributed by atoms with Gasteiger partial charge >= 0.3 is 0 Å². The van der Waals surface area contributed by atoms with E-state index < -0.39 is 0 Å². The minimum absolute atomic E-state index is 0.0578. The van der Waals surface area contributed by atoms with Crippen LogP contribution in [0.25, 0.3) is 16.4 Å². The minimum atomic E-state index is 0.0578. The Labute approximate surface area is 214 Å². The Morgan fingerprint density at radius 3 is 2.63 bits per heavy atom. The van der Waals surface area contributed by atoms with Crippen LogP contribution in [0.4, 0.5) is 0 Å². The summed E-state index contributed by atoms with van der Waals surface area (Å²) in [6, 6.07) is 12.1. The quantitative estimate of drug-likeness (QED) is 0.195. The monoisotopic (exact) mass is 510 g/mol. The zero-order chi connectivity index (χ0) is 25.1. The fourth-order valence-electron chi connectivity index (χ4n) is 4.38. The second kappa shape index (κ2) is 10.8. The fraction of sp³-hybridized carbons (Fsp3) is 0.346. The average molecular weight is 511 g/mol. The Kier molecular flexibility index (Phi) is 7.78. The summed E-state index contributed by atoms with van der Waals surface area (Å²) in [5, 5.41) is 11.6. The molecular formula is C26H30N4O3S2. The Balaban J connectivity index is 1.67. The van der Waals surface area contributed by atoms with Crippen molar-refractivity contribution < 1.29 is 14.3 Å². The van der Waals surface area contributed by atoms with Gasteiger partial charge in [0.1, 0.15) is 5.75 Å². The van der Waals surface area contributed by atoms with Gasteiger partial charge in [0, 0.05) is 24.1 Å². The predicted molar refractivity (Wildman–Crippen MR) is 142 cm³/mol. The fourth-order valence-corrected chi connectivity index (χ4v) is 5.91. The molecule has 1 atom stereocenters. The molecule has 0 N–H and O–H groups in total. The van der Waals surface area contributed by atoms with Crippen LogP contribution in [0.2, 0.25) is 0 Å². The van der Waals surface area contributed by atoms with Gasteiger partial charge < -0.3 is 14.0 Å². The molecule has 7 nitrogen and oxygen atoms in total. The number of nitrogens with zero attached hydrogens (tertiary/aromatic N) is 4. The summed E-state index contributed by atoms with van der Waals surface area (Å²) in [4.78, 5) is 14.3. The highest BCUT2D eigenvalue weighted by Gasteiger charge is 2.23. The molecule has 4 rings (SSSR count). The first-order valence-electron chi connectivity index (χ1n) is 11.3. The van der Waals surface area contributed by atoms with Crippen molar-refractivity contribution in [3.63, 3.8) is 0 Å². The highest BCUT2D eigenvalue weighted by atomic mass is 32.2. The molecular weight excluding hydrogens is 480 g/mol. The smallest absolute Gasteiger partial charge is 0.196 e. The molecule has 0 aliphatic rings. The van der Waals surface area contributed by atoms with E-state index in [2.05, 4.69) is 27.8 Å². The summed E-state index contributed by atoms with van der Waals surface area (Å²) in [6.45, 7) is 8.74. The number of carbonyl (C=O) groups is 1. The van der Waals surface area contributed by atoms with Crippen molar-refractivity contribution >= 4 is 28.9 Å². The molecule has 0 aliphatic carbocycles. The molecule has 0 fully saturated rings. The maximum atomic E-state index is 13.3. The summed E-state index contributed by atoms with van der Waals surface area (Å²) in [5.41, 5.74) is 4.68. The normalized spacial score (nSPS) is 12.2. The second-order valence-corrected chi connectivity index (χ2v) is 10.4. The average Bonchev–Trinajstić information content (AvgIpc) is 3.56. The molecule has 0 saturated carbocycles. The minimum Gasteiger partial charge on any atom is -0.495 e. The number of rotatable bonds is 10. The van der Waals surface area contributed by atoms with Crippen LogP contribution in [0.5, 0.6) is 5.75 Å². The van der Waals surface area contributed by atoms with E-state index in [1.807, 2.05) is 61.1 Å². The van der Waals surface area contributed by atoms with E-state index >= 15 is 0 Å². The number of methoxy groups -OCH3 is 2. The summed E-state index contributed by atoms with van der Waals surface area (Å²) in [5.74, 6) is 1.75. The van der Waals surface area contributed by atoms with E-state index in [1.54, 1.807) is 25.6 Å². The molecule has 3 heterocycles. The number of thioether (sulfide) groups is 1. The van der Waals surface area contributed by atoms with Gasteiger partial charge in [0.05, 0.1) is 36.1 Å². The van der Waals surface area contributed by atoms with E-state index in [9.17, 15) is 4.79 Å². The molecule has 0 aliphatic heterocycles. The van der Waals surface area contributed by atoms with E-state index in [0.717, 1.165) is 44.7 Å². The van der Waals surface area contributed by atoms with Gasteiger partial charge in [0.25, 0.3) is 0 Å². The van der Waals surface area contributed by atoms with E-state index in [0.29, 0.717) is 11.8 Å². The molecule has 1 unspecified atom stereocenters. The van der Waals surface area contributed by atoms with Gasteiger partial charge in [0.2, 0.25) is 0 Å². The molecule has 0 saturated heterocycles. The van der Waals surface area contributed by atoms with Gasteiger partial charge in [0.15, 0.2) is 16.8 Å². The number of thiophene rings is 1. The Hall–Kier alpha value is -2.88. The highest BCUT2D eigenvalue weighted by molar-refractivity contribution is 7.99. The van der Waals surface area contributed by atoms with Gasteiger partial charge in [-0.05, 0) is 62.9 Å². The molecule has 0 radical (unpaired) electrons. The Morgan fingerprint density at radius 1 is 1.14 bits per heavy atom. The SMILES string of the molecule is COCC(C)n1c(C)cc(C(=O)CSc2nnc(-c3cccs3)n2-c2cc(C)ccc2OC)c1C. The standard InChI is InChI=1S/C26H30N4O3S2/c1-16-9-10-23(33-6)21(12-16)30-25(24-8-7-11-34-24)27-28-26(30)35-15-22(31)20-13-17(2)29(19(20)4)18(3)14-32-5/h7-13,18H,14-15H2,1-6H3. The number of ketones is 1. The molecule has 4 aromatic rings. The van der Waals surface area contributed by atoms with Crippen LogP contribution in [-0.4, -0.2) is 51.7 Å². The molecule has 3 aromatic heterocycles. The van der Waals surface area contributed by atoms with Crippen molar-refractivity contribution in [2.75, 3.05) is 26.6 Å². The van der Waals surface area contributed by atoms with Crippen LogP contribution in [0, 0.1) is 20.8 Å². The molecule has 0 spiro atoms. The molecule has 1 aromatic carbocycles. The second-order valence-electron chi connectivity index (χ2n) is 8.47. The van der Waals surface area contributed by atoms with Crippen LogP contribution in [0.1, 0.15) is 40.3 Å². The molecule has 0 bridgehead atoms. The first-order valence-corrected chi connectivity index (χ1v) is 13.2. The number of hydrogen-bond acceptors (Lipinski definition) is 7. The van der Waals surface area contributed by atoms with Crippen LogP contribution >= 0.6 is 23.1 Å².